The Balaban J connectivity index is 1.09. The first-order valence-corrected chi connectivity index (χ1v) is 22.6. The maximum absolute atomic E-state index is 6.37. The molecule has 2 nitrogen and oxygen atoms in total. The lowest BCUT2D eigenvalue weighted by Gasteiger charge is -2.31. The summed E-state index contributed by atoms with van der Waals surface area (Å²) >= 11 is 0. The van der Waals surface area contributed by atoms with Crippen molar-refractivity contribution < 1.29 is 4.42 Å². The molecule has 1 aromatic heterocycles. The Bertz CT molecular complexity index is 3870. The van der Waals surface area contributed by atoms with Crippen molar-refractivity contribution in [3.63, 3.8) is 0 Å². The predicted octanol–water partition coefficient (Wildman–Crippen LogP) is 17.8. The molecule has 0 saturated carbocycles. The van der Waals surface area contributed by atoms with Gasteiger partial charge in [0.05, 0.1) is 5.69 Å². The second kappa shape index (κ2) is 14.4. The molecule has 11 aromatic carbocycles. The number of benzene rings is 11. The second-order valence-corrected chi connectivity index (χ2v) is 18.0. The molecule has 0 radical (unpaired) electrons. The van der Waals surface area contributed by atoms with Crippen molar-refractivity contribution in [1.29, 1.82) is 0 Å². The molecule has 1 aliphatic carbocycles. The molecule has 0 N–H and O–H groups in total. The highest BCUT2D eigenvalue weighted by Gasteiger charge is 2.36. The number of para-hydroxylation sites is 1. The van der Waals surface area contributed by atoms with Gasteiger partial charge in [0.1, 0.15) is 11.2 Å². The number of nitrogens with zero attached hydrogens (tertiary/aromatic N) is 1. The largest absolute Gasteiger partial charge is 0.456 e. The van der Waals surface area contributed by atoms with Gasteiger partial charge in [-0.3, -0.25) is 0 Å². The van der Waals surface area contributed by atoms with Crippen LogP contribution in [0.1, 0.15) is 25.0 Å². The highest BCUT2D eigenvalue weighted by atomic mass is 16.3. The van der Waals surface area contributed by atoms with Crippen LogP contribution in [0.3, 0.4) is 0 Å². The lowest BCUT2D eigenvalue weighted by atomic mass is 9.82. The molecule has 0 saturated heterocycles. The van der Waals surface area contributed by atoms with E-state index < -0.39 is 0 Å². The lowest BCUT2D eigenvalue weighted by molar-refractivity contribution is 0.660. The van der Waals surface area contributed by atoms with E-state index in [2.05, 4.69) is 237 Å². The van der Waals surface area contributed by atoms with Crippen LogP contribution < -0.4 is 4.90 Å². The minimum atomic E-state index is -0.171. The predicted molar refractivity (Wildman–Crippen MR) is 275 cm³/mol. The van der Waals surface area contributed by atoms with Gasteiger partial charge in [0.15, 0.2) is 0 Å². The summed E-state index contributed by atoms with van der Waals surface area (Å²) in [5.41, 5.74) is 17.3. The summed E-state index contributed by atoms with van der Waals surface area (Å²) in [6, 6.07) is 82.6. The van der Waals surface area contributed by atoms with Gasteiger partial charge in [-0.05, 0) is 143 Å². The molecular formula is C63H43NO. The van der Waals surface area contributed by atoms with Crippen molar-refractivity contribution in [2.24, 2.45) is 0 Å². The topological polar surface area (TPSA) is 16.4 Å². The van der Waals surface area contributed by atoms with E-state index in [1.165, 1.54) is 76.8 Å². The number of furan rings is 1. The molecule has 0 bridgehead atoms. The zero-order chi connectivity index (χ0) is 43.2. The van der Waals surface area contributed by atoms with E-state index in [4.69, 9.17) is 4.42 Å². The minimum absolute atomic E-state index is 0.171. The Hall–Kier alpha value is -8.20. The molecule has 306 valence electrons. The number of anilines is 3. The number of rotatable bonds is 6. The summed E-state index contributed by atoms with van der Waals surface area (Å²) in [6.45, 7) is 4.74. The van der Waals surface area contributed by atoms with E-state index in [9.17, 15) is 0 Å². The van der Waals surface area contributed by atoms with Crippen molar-refractivity contribution in [1.82, 2.24) is 0 Å². The van der Waals surface area contributed by atoms with E-state index >= 15 is 0 Å². The smallest absolute Gasteiger partial charge is 0.135 e. The van der Waals surface area contributed by atoms with E-state index in [0.717, 1.165) is 50.1 Å². The Morgan fingerprint density at radius 3 is 1.83 bits per heavy atom. The number of hydrogen-bond acceptors (Lipinski definition) is 2. The lowest BCUT2D eigenvalue weighted by Crippen LogP contribution is -2.17. The van der Waals surface area contributed by atoms with Gasteiger partial charge in [-0.25, -0.2) is 0 Å². The molecule has 0 aliphatic heterocycles. The van der Waals surface area contributed by atoms with Crippen LogP contribution in [0.25, 0.3) is 98.8 Å². The first-order chi connectivity index (χ1) is 32.0. The van der Waals surface area contributed by atoms with Crippen LogP contribution >= 0.6 is 0 Å². The summed E-state index contributed by atoms with van der Waals surface area (Å²) in [4.78, 5) is 2.50. The second-order valence-electron chi connectivity index (χ2n) is 18.0. The molecular weight excluding hydrogens is 787 g/mol. The Morgan fingerprint density at radius 1 is 0.338 bits per heavy atom. The third kappa shape index (κ3) is 5.88. The van der Waals surface area contributed by atoms with Crippen LogP contribution in [0.2, 0.25) is 0 Å². The molecule has 65 heavy (non-hydrogen) atoms. The molecule has 1 aliphatic rings. The van der Waals surface area contributed by atoms with Gasteiger partial charge in [0.25, 0.3) is 0 Å². The molecule has 2 heteroatoms. The first-order valence-electron chi connectivity index (χ1n) is 22.6. The van der Waals surface area contributed by atoms with Crippen LogP contribution in [-0.4, -0.2) is 0 Å². The van der Waals surface area contributed by atoms with Gasteiger partial charge >= 0.3 is 0 Å². The van der Waals surface area contributed by atoms with Gasteiger partial charge in [-0.1, -0.05) is 178 Å². The third-order valence-electron chi connectivity index (χ3n) is 14.0. The van der Waals surface area contributed by atoms with Gasteiger partial charge < -0.3 is 9.32 Å². The van der Waals surface area contributed by atoms with Crippen LogP contribution in [0, 0.1) is 0 Å². The molecule has 0 unspecified atom stereocenters. The quantitative estimate of drug-likeness (QED) is 0.155. The minimum Gasteiger partial charge on any atom is -0.456 e. The standard InChI is InChI=1S/C63H43NO/c1-63(2)57-23-11-9-20-52(57)53-34-33-47(39-58(53)63)64(46-31-28-41(29-32-46)43-27-26-40-14-3-4-15-42(40)36-43)59-24-13-22-49(45-30-35-61-55(37-45)54-21-10-12-25-60(54)65-61)62(59)56-38-44-16-5-6-17-48(44)50-18-7-8-19-51(50)56/h3-39H,1-2H3. The van der Waals surface area contributed by atoms with Crippen LogP contribution in [0.15, 0.2) is 229 Å². The zero-order valence-corrected chi connectivity index (χ0v) is 36.2. The van der Waals surface area contributed by atoms with Crippen molar-refractivity contribution in [2.75, 3.05) is 4.90 Å². The molecule has 1 heterocycles. The first kappa shape index (κ1) is 37.4. The molecule has 0 atom stereocenters. The van der Waals surface area contributed by atoms with Crippen molar-refractivity contribution in [2.45, 2.75) is 19.3 Å². The number of hydrogen-bond donors (Lipinski definition) is 0. The van der Waals surface area contributed by atoms with Gasteiger partial charge in [-0.15, -0.1) is 0 Å². The van der Waals surface area contributed by atoms with Gasteiger partial charge in [0, 0.05) is 33.1 Å². The van der Waals surface area contributed by atoms with Crippen molar-refractivity contribution in [3.8, 4) is 44.5 Å². The van der Waals surface area contributed by atoms with Gasteiger partial charge in [-0.2, -0.15) is 0 Å². The fourth-order valence-electron chi connectivity index (χ4n) is 10.8. The fourth-order valence-corrected chi connectivity index (χ4v) is 10.8. The van der Waals surface area contributed by atoms with Crippen LogP contribution in [0.5, 0.6) is 0 Å². The highest BCUT2D eigenvalue weighted by Crippen LogP contribution is 2.53. The Morgan fingerprint density at radius 2 is 0.969 bits per heavy atom. The van der Waals surface area contributed by atoms with Crippen LogP contribution in [-0.2, 0) is 5.41 Å². The third-order valence-corrected chi connectivity index (χ3v) is 14.0. The van der Waals surface area contributed by atoms with Gasteiger partial charge in [0.2, 0.25) is 0 Å². The number of fused-ring (bicyclic) bond motifs is 10. The SMILES string of the molecule is CC1(C)c2ccccc2-c2ccc(N(c3ccc(-c4ccc5ccccc5c4)cc3)c3cccc(-c4ccc5oc6ccccc6c5c4)c3-c3cc4ccccc4c4ccccc34)cc21. The zero-order valence-electron chi connectivity index (χ0n) is 36.2. The Labute approximate surface area is 378 Å². The maximum atomic E-state index is 6.37. The monoisotopic (exact) mass is 829 g/mol. The highest BCUT2D eigenvalue weighted by molar-refractivity contribution is 6.17. The molecule has 13 rings (SSSR count). The summed E-state index contributed by atoms with van der Waals surface area (Å²) in [5, 5.41) is 9.62. The maximum Gasteiger partial charge on any atom is 0.135 e. The summed E-state index contributed by atoms with van der Waals surface area (Å²) in [6.07, 6.45) is 0. The summed E-state index contributed by atoms with van der Waals surface area (Å²) in [5.74, 6) is 0. The normalized spacial score (nSPS) is 12.9. The van der Waals surface area contributed by atoms with Crippen molar-refractivity contribution in [3.05, 3.63) is 236 Å². The molecule has 0 spiro atoms. The van der Waals surface area contributed by atoms with E-state index in [-0.39, 0.29) is 5.41 Å². The van der Waals surface area contributed by atoms with E-state index in [1.54, 1.807) is 0 Å². The molecule has 0 fully saturated rings. The van der Waals surface area contributed by atoms with E-state index in [0.29, 0.717) is 0 Å². The van der Waals surface area contributed by atoms with Crippen molar-refractivity contribution >= 4 is 71.3 Å². The molecule has 0 amide bonds. The molecule has 12 aromatic rings. The van der Waals surface area contributed by atoms with Crippen LogP contribution in [0.4, 0.5) is 17.1 Å². The summed E-state index contributed by atoms with van der Waals surface area (Å²) in [7, 11) is 0. The summed E-state index contributed by atoms with van der Waals surface area (Å²) < 4.78 is 6.37. The average molecular weight is 830 g/mol. The average Bonchev–Trinajstić information content (AvgIpc) is 3.85. The van der Waals surface area contributed by atoms with E-state index in [1.807, 2.05) is 6.07 Å². The fraction of sp³-hybridized carbons (Fsp3) is 0.0476. The Kier molecular flexibility index (Phi) is 8.29.